The van der Waals surface area contributed by atoms with Gasteiger partial charge in [-0.05, 0) is 64.9 Å². The van der Waals surface area contributed by atoms with Crippen molar-refractivity contribution in [2.24, 2.45) is 0 Å². The third-order valence-electron chi connectivity index (χ3n) is 7.29. The van der Waals surface area contributed by atoms with E-state index < -0.39 is 0 Å². The first-order valence-electron chi connectivity index (χ1n) is 12.1. The maximum atomic E-state index is 13.5. The van der Waals surface area contributed by atoms with Gasteiger partial charge in [0.25, 0.3) is 5.56 Å². The molecule has 2 aliphatic rings. The molecule has 1 fully saturated rings. The fraction of sp³-hybridized carbons (Fsp3) is 0.385. The summed E-state index contributed by atoms with van der Waals surface area (Å²) in [6, 6.07) is 16.0. The Kier molecular flexibility index (Phi) is 5.28. The zero-order valence-corrected chi connectivity index (χ0v) is 19.3. The van der Waals surface area contributed by atoms with Crippen molar-refractivity contribution in [3.05, 3.63) is 75.8 Å². The number of aromatic amines is 1. The Morgan fingerprint density at radius 3 is 2.79 bits per heavy atom. The Bertz CT molecular complexity index is 1390. The van der Waals surface area contributed by atoms with Crippen LogP contribution in [0.15, 0.2) is 53.3 Å². The van der Waals surface area contributed by atoms with Gasteiger partial charge in [-0.25, -0.2) is 4.68 Å². The van der Waals surface area contributed by atoms with Crippen molar-refractivity contribution in [3.8, 4) is 5.75 Å². The van der Waals surface area contributed by atoms with Gasteiger partial charge in [0.15, 0.2) is 5.82 Å². The Labute approximate surface area is 197 Å². The molecule has 8 nitrogen and oxygen atoms in total. The third-order valence-corrected chi connectivity index (χ3v) is 7.29. The summed E-state index contributed by atoms with van der Waals surface area (Å²) in [6.45, 7) is 0.807. The van der Waals surface area contributed by atoms with E-state index in [1.807, 2.05) is 28.9 Å². The van der Waals surface area contributed by atoms with Crippen molar-refractivity contribution < 1.29 is 4.74 Å². The van der Waals surface area contributed by atoms with E-state index in [1.165, 1.54) is 24.8 Å². The van der Waals surface area contributed by atoms with Gasteiger partial charge in [-0.1, -0.05) is 37.5 Å². The van der Waals surface area contributed by atoms with Crippen molar-refractivity contribution in [3.63, 3.8) is 0 Å². The highest BCUT2D eigenvalue weighted by Crippen LogP contribution is 2.39. The molecule has 0 amide bonds. The minimum Gasteiger partial charge on any atom is -0.497 e. The van der Waals surface area contributed by atoms with Gasteiger partial charge in [0.1, 0.15) is 11.8 Å². The summed E-state index contributed by atoms with van der Waals surface area (Å²) in [5.74, 6) is 1.45. The summed E-state index contributed by atoms with van der Waals surface area (Å²) >= 11 is 0. The lowest BCUT2D eigenvalue weighted by Crippen LogP contribution is -2.35. The number of methoxy groups -OCH3 is 1. The van der Waals surface area contributed by atoms with Gasteiger partial charge >= 0.3 is 0 Å². The number of aromatic nitrogens is 5. The highest BCUT2D eigenvalue weighted by Gasteiger charge is 2.35. The second-order valence-corrected chi connectivity index (χ2v) is 9.26. The van der Waals surface area contributed by atoms with Crippen LogP contribution in [-0.2, 0) is 6.42 Å². The van der Waals surface area contributed by atoms with E-state index in [-0.39, 0.29) is 17.6 Å². The van der Waals surface area contributed by atoms with Crippen molar-refractivity contribution in [2.45, 2.75) is 50.6 Å². The predicted octanol–water partition coefficient (Wildman–Crippen LogP) is 4.18. The van der Waals surface area contributed by atoms with Gasteiger partial charge in [-0.2, -0.15) is 0 Å². The van der Waals surface area contributed by atoms with Crippen LogP contribution in [0.4, 0.5) is 5.69 Å². The maximum absolute atomic E-state index is 13.5. The molecule has 0 radical (unpaired) electrons. The summed E-state index contributed by atoms with van der Waals surface area (Å²) in [5, 5.41) is 14.0. The number of ether oxygens (including phenoxy) is 1. The molecule has 34 heavy (non-hydrogen) atoms. The number of pyridine rings is 1. The van der Waals surface area contributed by atoms with Crippen LogP contribution in [0.3, 0.4) is 0 Å². The summed E-state index contributed by atoms with van der Waals surface area (Å²) in [5.41, 5.74) is 3.70. The topological polar surface area (TPSA) is 88.9 Å². The normalized spacial score (nSPS) is 17.1. The number of tetrazole rings is 1. The van der Waals surface area contributed by atoms with Crippen molar-refractivity contribution in [1.29, 1.82) is 0 Å². The molecule has 2 aromatic carbocycles. The highest BCUT2D eigenvalue weighted by atomic mass is 16.5. The Morgan fingerprint density at radius 2 is 1.94 bits per heavy atom. The molecular weight excluding hydrogens is 428 g/mol. The quantitative estimate of drug-likeness (QED) is 0.485. The lowest BCUT2D eigenvalue weighted by atomic mass is 9.95. The number of H-pyrrole nitrogens is 1. The zero-order chi connectivity index (χ0) is 23.1. The van der Waals surface area contributed by atoms with E-state index in [9.17, 15) is 4.79 Å². The third kappa shape index (κ3) is 3.54. The van der Waals surface area contributed by atoms with E-state index in [1.54, 1.807) is 7.11 Å². The molecule has 0 bridgehead atoms. The Morgan fingerprint density at radius 1 is 1.09 bits per heavy atom. The molecule has 1 aliphatic carbocycles. The number of hydrogen-bond donors (Lipinski definition) is 1. The monoisotopic (exact) mass is 456 g/mol. The van der Waals surface area contributed by atoms with Crippen LogP contribution < -0.4 is 15.2 Å². The summed E-state index contributed by atoms with van der Waals surface area (Å²) in [7, 11) is 1.62. The molecule has 3 heterocycles. The van der Waals surface area contributed by atoms with Gasteiger partial charge in [0, 0.05) is 23.9 Å². The number of benzene rings is 2. The van der Waals surface area contributed by atoms with Gasteiger partial charge in [-0.3, -0.25) is 4.79 Å². The average Bonchev–Trinajstić information content (AvgIpc) is 3.53. The first-order valence-corrected chi connectivity index (χ1v) is 12.1. The number of hydrogen-bond acceptors (Lipinski definition) is 6. The summed E-state index contributed by atoms with van der Waals surface area (Å²) < 4.78 is 7.33. The minimum absolute atomic E-state index is 0.131. The van der Waals surface area contributed by atoms with E-state index >= 15 is 0 Å². The van der Waals surface area contributed by atoms with Crippen LogP contribution in [0.1, 0.15) is 61.1 Å². The zero-order valence-electron chi connectivity index (χ0n) is 19.3. The second-order valence-electron chi connectivity index (χ2n) is 9.26. The van der Waals surface area contributed by atoms with Gasteiger partial charge in [0.05, 0.1) is 18.7 Å². The second kappa shape index (κ2) is 8.59. The standard InChI is InChI=1S/C26H28N6O2/c1-34-20-12-11-18-15-21(26(33)27-22(18)16-20)24(31-14-13-17-7-5-6-10-23(17)31)25-28-29-30-32(25)19-8-3-2-4-9-19/h5-7,10-12,15-16,19,24H,2-4,8-9,13-14H2,1H3,(H,27,33)/t24-/m0/s1. The largest absolute Gasteiger partial charge is 0.497 e. The molecule has 2 aromatic heterocycles. The van der Waals surface area contributed by atoms with Crippen LogP contribution in [0, 0.1) is 0 Å². The molecule has 0 spiro atoms. The molecule has 174 valence electrons. The van der Waals surface area contributed by atoms with E-state index in [2.05, 4.69) is 49.7 Å². The molecule has 0 saturated heterocycles. The first kappa shape index (κ1) is 20.9. The molecule has 6 rings (SSSR count). The molecule has 4 aromatic rings. The number of para-hydroxylation sites is 1. The predicted molar refractivity (Wildman–Crippen MR) is 130 cm³/mol. The summed E-state index contributed by atoms with van der Waals surface area (Å²) in [6.07, 6.45) is 6.68. The molecular formula is C26H28N6O2. The Hall–Kier alpha value is -3.68. The van der Waals surface area contributed by atoms with Gasteiger partial charge in [0.2, 0.25) is 0 Å². The number of anilines is 1. The molecule has 8 heteroatoms. The molecule has 0 unspecified atom stereocenters. The van der Waals surface area contributed by atoms with Crippen LogP contribution in [-0.4, -0.2) is 38.8 Å². The van der Waals surface area contributed by atoms with Crippen LogP contribution in [0.25, 0.3) is 10.9 Å². The number of fused-ring (bicyclic) bond motifs is 2. The van der Waals surface area contributed by atoms with E-state index in [0.717, 1.165) is 48.2 Å². The van der Waals surface area contributed by atoms with Crippen LogP contribution in [0.2, 0.25) is 0 Å². The summed E-state index contributed by atoms with van der Waals surface area (Å²) in [4.78, 5) is 18.9. The fourth-order valence-electron chi connectivity index (χ4n) is 5.57. The average molecular weight is 457 g/mol. The fourth-order valence-corrected chi connectivity index (χ4v) is 5.57. The molecule has 1 atom stereocenters. The SMILES string of the molecule is COc1ccc2cc([C@@H](c3nnnn3C3CCCCC3)N3CCc4ccccc43)c(=O)[nH]c2c1. The van der Waals surface area contributed by atoms with Crippen LogP contribution in [0.5, 0.6) is 5.75 Å². The van der Waals surface area contributed by atoms with Crippen molar-refractivity contribution >= 4 is 16.6 Å². The highest BCUT2D eigenvalue weighted by molar-refractivity contribution is 5.81. The number of nitrogens with zero attached hydrogens (tertiary/aromatic N) is 5. The Balaban J connectivity index is 1.53. The minimum atomic E-state index is -0.379. The van der Waals surface area contributed by atoms with Crippen LogP contribution >= 0.6 is 0 Å². The van der Waals surface area contributed by atoms with Crippen molar-refractivity contribution in [1.82, 2.24) is 25.2 Å². The number of nitrogens with one attached hydrogen (secondary N) is 1. The van der Waals surface area contributed by atoms with Gasteiger partial charge < -0.3 is 14.6 Å². The number of rotatable bonds is 5. The molecule has 1 aliphatic heterocycles. The maximum Gasteiger partial charge on any atom is 0.254 e. The molecule has 1 saturated carbocycles. The van der Waals surface area contributed by atoms with Gasteiger partial charge in [-0.15, -0.1) is 5.10 Å². The smallest absolute Gasteiger partial charge is 0.254 e. The van der Waals surface area contributed by atoms with Crippen molar-refractivity contribution in [2.75, 3.05) is 18.6 Å². The lowest BCUT2D eigenvalue weighted by molar-refractivity contribution is 0.313. The van der Waals surface area contributed by atoms with E-state index in [4.69, 9.17) is 4.74 Å². The first-order chi connectivity index (χ1) is 16.7. The molecule has 1 N–H and O–H groups in total. The lowest BCUT2D eigenvalue weighted by Gasteiger charge is -2.31. The van der Waals surface area contributed by atoms with E-state index in [0.29, 0.717) is 11.3 Å².